The van der Waals surface area contributed by atoms with E-state index in [4.69, 9.17) is 16.3 Å². The van der Waals surface area contributed by atoms with Crippen LogP contribution in [0.25, 0.3) is 0 Å². The molecule has 0 radical (unpaired) electrons. The molecule has 1 aromatic rings. The van der Waals surface area contributed by atoms with Crippen LogP contribution in [0.3, 0.4) is 0 Å². The second kappa shape index (κ2) is 3.71. The minimum absolute atomic E-state index is 0.131. The van der Waals surface area contributed by atoms with E-state index in [0.29, 0.717) is 17.2 Å². The van der Waals surface area contributed by atoms with Crippen molar-refractivity contribution < 1.29 is 18.3 Å². The van der Waals surface area contributed by atoms with E-state index in [1.54, 1.807) is 6.07 Å². The first kappa shape index (κ1) is 9.68. The topological polar surface area (TPSA) is 21.8 Å². The Hall–Kier alpha value is -0.870. The fourth-order valence-corrected chi connectivity index (χ4v) is 1.38. The van der Waals surface area contributed by atoms with Crippen molar-refractivity contribution in [1.82, 2.24) is 0 Å². The van der Waals surface area contributed by atoms with Gasteiger partial charge in [-0.2, -0.15) is 8.78 Å². The Bertz CT molecular complexity index is 340. The van der Waals surface area contributed by atoms with Crippen LogP contribution in [-0.2, 0) is 4.74 Å². The Balaban J connectivity index is 2.27. The number of rotatable bonds is 3. The summed E-state index contributed by atoms with van der Waals surface area (Å²) in [6.07, 6.45) is -0.151. The lowest BCUT2D eigenvalue weighted by atomic mass is 10.1. The molecule has 1 aliphatic heterocycles. The van der Waals surface area contributed by atoms with Crippen molar-refractivity contribution in [2.45, 2.75) is 12.7 Å². The van der Waals surface area contributed by atoms with Crippen LogP contribution in [0.1, 0.15) is 11.7 Å². The van der Waals surface area contributed by atoms with Gasteiger partial charge in [0.05, 0.1) is 6.61 Å². The van der Waals surface area contributed by atoms with Gasteiger partial charge in [-0.05, 0) is 18.2 Å². The van der Waals surface area contributed by atoms with E-state index in [1.165, 1.54) is 12.1 Å². The summed E-state index contributed by atoms with van der Waals surface area (Å²) in [6, 6.07) is 4.51. The highest BCUT2D eigenvalue weighted by Crippen LogP contribution is 2.38. The van der Waals surface area contributed by atoms with Crippen molar-refractivity contribution >= 4 is 11.6 Å². The van der Waals surface area contributed by atoms with E-state index < -0.39 is 6.61 Å². The Morgan fingerprint density at radius 2 is 2.21 bits per heavy atom. The van der Waals surface area contributed by atoms with Gasteiger partial charge < -0.3 is 9.47 Å². The van der Waals surface area contributed by atoms with Crippen molar-refractivity contribution in [3.8, 4) is 5.75 Å². The first-order chi connectivity index (χ1) is 6.66. The highest BCUT2D eigenvalue weighted by molar-refractivity contribution is 6.30. The van der Waals surface area contributed by atoms with Gasteiger partial charge in [-0.15, -0.1) is 0 Å². The molecule has 5 heteroatoms. The highest BCUT2D eigenvalue weighted by Gasteiger charge is 2.29. The minimum Gasteiger partial charge on any atom is -0.434 e. The van der Waals surface area contributed by atoms with Gasteiger partial charge in [-0.25, -0.2) is 0 Å². The molecular weight excluding hydrogens is 214 g/mol. The molecule has 0 spiro atoms. The zero-order valence-electron chi connectivity index (χ0n) is 7.04. The lowest BCUT2D eigenvalue weighted by Gasteiger charge is -2.08. The first-order valence-electron chi connectivity index (χ1n) is 4.02. The molecule has 0 bridgehead atoms. The summed E-state index contributed by atoms with van der Waals surface area (Å²) in [4.78, 5) is 0. The predicted octanol–water partition coefficient (Wildman–Crippen LogP) is 3.01. The summed E-state index contributed by atoms with van der Waals surface area (Å²) in [5, 5.41) is 0.483. The summed E-state index contributed by atoms with van der Waals surface area (Å²) in [5.41, 5.74) is 0.581. The Kier molecular flexibility index (Phi) is 2.56. The van der Waals surface area contributed by atoms with E-state index in [0.717, 1.165) is 0 Å². The van der Waals surface area contributed by atoms with E-state index in [2.05, 4.69) is 4.74 Å². The average Bonchev–Trinajstić information content (AvgIpc) is 2.90. The molecule has 0 aliphatic carbocycles. The highest BCUT2D eigenvalue weighted by atomic mass is 35.5. The van der Waals surface area contributed by atoms with Crippen LogP contribution in [0.5, 0.6) is 5.75 Å². The van der Waals surface area contributed by atoms with Crippen LogP contribution in [0.4, 0.5) is 8.78 Å². The average molecular weight is 221 g/mol. The van der Waals surface area contributed by atoms with Crippen LogP contribution < -0.4 is 4.74 Å². The number of halogens is 3. The lowest BCUT2D eigenvalue weighted by Crippen LogP contribution is -2.04. The molecule has 1 aromatic carbocycles. The number of ether oxygens (including phenoxy) is 2. The fourth-order valence-electron chi connectivity index (χ4n) is 1.20. The first-order valence-corrected chi connectivity index (χ1v) is 4.40. The minimum atomic E-state index is -2.83. The smallest absolute Gasteiger partial charge is 0.387 e. The summed E-state index contributed by atoms with van der Waals surface area (Å²) in [6.45, 7) is -2.30. The van der Waals surface area contributed by atoms with E-state index in [9.17, 15) is 8.78 Å². The molecule has 2 rings (SSSR count). The van der Waals surface area contributed by atoms with E-state index in [1.807, 2.05) is 0 Å². The van der Waals surface area contributed by atoms with Crippen LogP contribution in [0.15, 0.2) is 18.2 Å². The van der Waals surface area contributed by atoms with Gasteiger partial charge >= 0.3 is 6.61 Å². The largest absolute Gasteiger partial charge is 0.434 e. The van der Waals surface area contributed by atoms with E-state index >= 15 is 0 Å². The van der Waals surface area contributed by atoms with Crippen molar-refractivity contribution in [3.05, 3.63) is 28.8 Å². The van der Waals surface area contributed by atoms with Crippen LogP contribution in [0, 0.1) is 0 Å². The molecule has 0 unspecified atom stereocenters. The second-order valence-electron chi connectivity index (χ2n) is 2.88. The Morgan fingerprint density at radius 1 is 1.50 bits per heavy atom. The molecule has 0 amide bonds. The van der Waals surface area contributed by atoms with E-state index in [-0.39, 0.29) is 11.9 Å². The number of hydrogen-bond acceptors (Lipinski definition) is 2. The van der Waals surface area contributed by atoms with Crippen molar-refractivity contribution in [2.75, 3.05) is 6.61 Å². The summed E-state index contributed by atoms with van der Waals surface area (Å²) >= 11 is 5.73. The van der Waals surface area contributed by atoms with Crippen molar-refractivity contribution in [1.29, 1.82) is 0 Å². The quantitative estimate of drug-likeness (QED) is 0.731. The molecule has 76 valence electrons. The molecule has 14 heavy (non-hydrogen) atoms. The molecule has 1 saturated heterocycles. The molecule has 0 aromatic heterocycles. The van der Waals surface area contributed by atoms with Crippen LogP contribution in [-0.4, -0.2) is 13.2 Å². The number of epoxide rings is 1. The zero-order valence-corrected chi connectivity index (χ0v) is 7.80. The maximum atomic E-state index is 12.0. The predicted molar refractivity (Wildman–Crippen MR) is 46.8 cm³/mol. The SMILES string of the molecule is FC(F)Oc1ccc(Cl)cc1[C@H]1CO1. The standard InChI is InChI=1S/C9H7ClF2O2/c10-5-1-2-7(14-9(11)12)6(3-5)8-4-13-8/h1-3,8-9H,4H2/t8-/m1/s1. The maximum Gasteiger partial charge on any atom is 0.387 e. The van der Waals surface area contributed by atoms with Gasteiger partial charge in [0.25, 0.3) is 0 Å². The van der Waals surface area contributed by atoms with Gasteiger partial charge in [0.2, 0.25) is 0 Å². The third-order valence-corrected chi connectivity index (χ3v) is 2.10. The molecule has 0 N–H and O–H groups in total. The summed E-state index contributed by atoms with van der Waals surface area (Å²) in [5.74, 6) is 0.131. The monoisotopic (exact) mass is 220 g/mol. The lowest BCUT2D eigenvalue weighted by molar-refractivity contribution is -0.0506. The third kappa shape index (κ3) is 2.13. The summed E-state index contributed by atoms with van der Waals surface area (Å²) in [7, 11) is 0. The molecular formula is C9H7ClF2O2. The van der Waals surface area contributed by atoms with Gasteiger partial charge in [0, 0.05) is 10.6 Å². The van der Waals surface area contributed by atoms with Crippen LogP contribution >= 0.6 is 11.6 Å². The molecule has 1 fully saturated rings. The molecule has 1 aliphatic rings. The Morgan fingerprint density at radius 3 is 2.79 bits per heavy atom. The van der Waals surface area contributed by atoms with Gasteiger partial charge in [0.15, 0.2) is 0 Å². The maximum absolute atomic E-state index is 12.0. The number of hydrogen-bond donors (Lipinski definition) is 0. The molecule has 2 nitrogen and oxygen atoms in total. The number of alkyl halides is 2. The van der Waals surface area contributed by atoms with Gasteiger partial charge in [-0.1, -0.05) is 11.6 Å². The second-order valence-corrected chi connectivity index (χ2v) is 3.32. The van der Waals surface area contributed by atoms with Crippen LogP contribution in [0.2, 0.25) is 5.02 Å². The van der Waals surface area contributed by atoms with Gasteiger partial charge in [-0.3, -0.25) is 0 Å². The Labute approximate surface area is 84.4 Å². The molecule has 1 heterocycles. The zero-order chi connectivity index (χ0) is 10.1. The molecule has 0 saturated carbocycles. The summed E-state index contributed by atoms with van der Waals surface area (Å²) < 4.78 is 33.3. The van der Waals surface area contributed by atoms with Crippen molar-refractivity contribution in [3.63, 3.8) is 0 Å². The van der Waals surface area contributed by atoms with Crippen molar-refractivity contribution in [2.24, 2.45) is 0 Å². The number of benzene rings is 1. The molecule has 1 atom stereocenters. The van der Waals surface area contributed by atoms with Gasteiger partial charge in [0.1, 0.15) is 11.9 Å². The normalized spacial score (nSPS) is 19.9. The fraction of sp³-hybridized carbons (Fsp3) is 0.333. The third-order valence-electron chi connectivity index (χ3n) is 1.87.